The molecule has 0 aliphatic rings. The second-order valence-electron chi connectivity index (χ2n) is 8.03. The lowest BCUT2D eigenvalue weighted by Crippen LogP contribution is -2.63. The Kier molecular flexibility index (Phi) is 18.1. The van der Waals surface area contributed by atoms with Gasteiger partial charge in [0.25, 0.3) is 0 Å². The summed E-state index contributed by atoms with van der Waals surface area (Å²) in [5.41, 5.74) is -0.142. The van der Waals surface area contributed by atoms with E-state index in [0.717, 1.165) is 31.7 Å². The molecule has 0 heterocycles. The van der Waals surface area contributed by atoms with Gasteiger partial charge in [-0.3, -0.25) is 0 Å². The highest BCUT2D eigenvalue weighted by Gasteiger charge is 2.66. The highest BCUT2D eigenvalue weighted by molar-refractivity contribution is 6.82. The average molecular weight is 595 g/mol. The molecule has 12 nitrogen and oxygen atoms in total. The lowest BCUT2D eigenvalue weighted by atomic mass is 10.1. The summed E-state index contributed by atoms with van der Waals surface area (Å²) in [5.74, 6) is 0. The van der Waals surface area contributed by atoms with Crippen LogP contribution in [0.5, 0.6) is 0 Å². The number of hydrogen-bond donors (Lipinski definition) is 0. The van der Waals surface area contributed by atoms with E-state index in [4.69, 9.17) is 53.1 Å². The second-order valence-corrected chi connectivity index (χ2v) is 21.2. The van der Waals surface area contributed by atoms with Gasteiger partial charge in [-0.1, -0.05) is 12.8 Å². The van der Waals surface area contributed by atoms with E-state index in [1.807, 2.05) is 0 Å². The quantitative estimate of drug-likeness (QED) is 0.128. The van der Waals surface area contributed by atoms with E-state index in [9.17, 15) is 0 Å². The summed E-state index contributed by atoms with van der Waals surface area (Å²) in [4.78, 5) is 0. The van der Waals surface area contributed by atoms with Crippen molar-refractivity contribution in [1.29, 1.82) is 0 Å². The molecule has 36 heavy (non-hydrogen) atoms. The SMILES string of the molecule is CO[Si](CCCCCC(CC([Si](OC)(OC)OC)[Si](OC)(OC)OC)[Si](OC)(OC)OC)(OC)OC. The van der Waals surface area contributed by atoms with Gasteiger partial charge in [-0.2, -0.15) is 0 Å². The lowest BCUT2D eigenvalue weighted by Gasteiger charge is -2.42. The third-order valence-corrected chi connectivity index (χ3v) is 20.7. The van der Waals surface area contributed by atoms with Gasteiger partial charge in [-0.25, -0.2) is 0 Å². The van der Waals surface area contributed by atoms with Crippen LogP contribution in [0.2, 0.25) is 16.7 Å². The molecule has 0 aromatic rings. The van der Waals surface area contributed by atoms with Gasteiger partial charge in [0.05, 0.1) is 5.16 Å². The van der Waals surface area contributed by atoms with Gasteiger partial charge in [0, 0.05) is 96.9 Å². The van der Waals surface area contributed by atoms with Crippen molar-refractivity contribution in [3.8, 4) is 0 Å². The average Bonchev–Trinajstić information content (AvgIpc) is 2.94. The highest BCUT2D eigenvalue weighted by atomic mass is 28.5. The van der Waals surface area contributed by atoms with Gasteiger partial charge in [0.1, 0.15) is 0 Å². The normalized spacial score (nSPS) is 14.6. The van der Waals surface area contributed by atoms with Crippen molar-refractivity contribution in [2.75, 3.05) is 85.3 Å². The van der Waals surface area contributed by atoms with Crippen LogP contribution in [-0.4, -0.2) is 121 Å². The maximum atomic E-state index is 5.92. The van der Waals surface area contributed by atoms with E-state index < -0.39 is 40.4 Å². The molecule has 16 heteroatoms. The molecule has 0 spiro atoms. The number of rotatable bonds is 23. The number of hydrogen-bond acceptors (Lipinski definition) is 12. The Balaban J connectivity index is 6.09. The van der Waals surface area contributed by atoms with Crippen LogP contribution in [0.4, 0.5) is 0 Å². The zero-order valence-electron chi connectivity index (χ0n) is 24.3. The van der Waals surface area contributed by atoms with E-state index >= 15 is 0 Å². The summed E-state index contributed by atoms with van der Waals surface area (Å²) >= 11 is 0. The Labute approximate surface area is 222 Å². The molecular weight excluding hydrogens is 545 g/mol. The fraction of sp³-hybridized carbons (Fsp3) is 1.00. The molecule has 218 valence electrons. The number of unbranched alkanes of at least 4 members (excludes halogenated alkanes) is 2. The zero-order valence-corrected chi connectivity index (χ0v) is 28.3. The minimum atomic E-state index is -3.32. The van der Waals surface area contributed by atoms with Gasteiger partial charge >= 0.3 is 35.2 Å². The van der Waals surface area contributed by atoms with Crippen LogP contribution in [0.15, 0.2) is 0 Å². The highest BCUT2D eigenvalue weighted by Crippen LogP contribution is 2.46. The predicted molar refractivity (Wildman–Crippen MR) is 143 cm³/mol. The molecule has 0 bridgehead atoms. The van der Waals surface area contributed by atoms with Crippen molar-refractivity contribution in [2.45, 2.75) is 48.9 Å². The van der Waals surface area contributed by atoms with Crippen LogP contribution in [0.1, 0.15) is 32.1 Å². The Bertz CT molecular complexity index is 508. The Morgan fingerprint density at radius 2 is 0.778 bits per heavy atom. The third-order valence-electron chi connectivity index (χ3n) is 6.90. The van der Waals surface area contributed by atoms with Gasteiger partial charge < -0.3 is 53.1 Å². The lowest BCUT2D eigenvalue weighted by molar-refractivity contribution is 0.0720. The van der Waals surface area contributed by atoms with Crippen LogP contribution in [0, 0.1) is 0 Å². The molecule has 0 saturated heterocycles. The first-order valence-corrected chi connectivity index (χ1v) is 19.1. The Morgan fingerprint density at radius 1 is 0.417 bits per heavy atom. The van der Waals surface area contributed by atoms with Gasteiger partial charge in [-0.05, 0) is 19.3 Å². The smallest absolute Gasteiger partial charge is 0.377 e. The van der Waals surface area contributed by atoms with Crippen LogP contribution >= 0.6 is 0 Å². The van der Waals surface area contributed by atoms with Gasteiger partial charge in [0.15, 0.2) is 0 Å². The Morgan fingerprint density at radius 3 is 1.08 bits per heavy atom. The van der Waals surface area contributed by atoms with E-state index in [-0.39, 0.29) is 5.54 Å². The molecule has 0 rings (SSSR count). The molecule has 0 saturated carbocycles. The molecule has 0 aromatic carbocycles. The summed E-state index contributed by atoms with van der Waals surface area (Å²) in [5, 5.41) is -0.460. The molecule has 1 unspecified atom stereocenters. The second kappa shape index (κ2) is 17.9. The molecule has 0 fully saturated rings. The van der Waals surface area contributed by atoms with E-state index in [1.165, 1.54) is 0 Å². The van der Waals surface area contributed by atoms with E-state index in [1.54, 1.807) is 85.3 Å². The minimum absolute atomic E-state index is 0.142. The van der Waals surface area contributed by atoms with Crippen molar-refractivity contribution < 1.29 is 53.1 Å². The summed E-state index contributed by atoms with van der Waals surface area (Å²) in [6.07, 6.45) is 3.92. The van der Waals surface area contributed by atoms with Crippen molar-refractivity contribution in [3.05, 3.63) is 0 Å². The molecule has 0 N–H and O–H groups in total. The maximum absolute atomic E-state index is 5.92. The molecule has 0 aliphatic carbocycles. The monoisotopic (exact) mass is 594 g/mol. The molecular formula is C20H50O12Si4. The van der Waals surface area contributed by atoms with Gasteiger partial charge in [0.2, 0.25) is 0 Å². The summed E-state index contributed by atoms with van der Waals surface area (Å²) in [6.45, 7) is 0. The first-order valence-electron chi connectivity index (χ1n) is 11.8. The van der Waals surface area contributed by atoms with Crippen LogP contribution in [0.3, 0.4) is 0 Å². The zero-order chi connectivity index (χ0) is 27.9. The molecule has 0 aromatic heterocycles. The minimum Gasteiger partial charge on any atom is -0.377 e. The van der Waals surface area contributed by atoms with Crippen molar-refractivity contribution >= 4 is 35.2 Å². The largest absolute Gasteiger partial charge is 0.507 e. The fourth-order valence-electron chi connectivity index (χ4n) is 4.80. The molecule has 0 aliphatic heterocycles. The topological polar surface area (TPSA) is 111 Å². The van der Waals surface area contributed by atoms with Crippen molar-refractivity contribution in [2.24, 2.45) is 0 Å². The van der Waals surface area contributed by atoms with Crippen molar-refractivity contribution in [3.63, 3.8) is 0 Å². The third kappa shape index (κ3) is 8.44. The van der Waals surface area contributed by atoms with Gasteiger partial charge in [-0.15, -0.1) is 0 Å². The summed E-state index contributed by atoms with van der Waals surface area (Å²) < 4.78 is 69.7. The summed E-state index contributed by atoms with van der Waals surface area (Å²) in [7, 11) is 6.71. The molecule has 0 amide bonds. The first kappa shape index (κ1) is 36.4. The van der Waals surface area contributed by atoms with E-state index in [0.29, 0.717) is 6.42 Å². The summed E-state index contributed by atoms with van der Waals surface area (Å²) in [6, 6.07) is 0.727. The first-order chi connectivity index (χ1) is 17.2. The molecule has 0 radical (unpaired) electrons. The van der Waals surface area contributed by atoms with Crippen LogP contribution < -0.4 is 0 Å². The van der Waals surface area contributed by atoms with E-state index in [2.05, 4.69) is 0 Å². The predicted octanol–water partition coefficient (Wildman–Crippen LogP) is 2.73. The Hall–Kier alpha value is 0.388. The van der Waals surface area contributed by atoms with Crippen molar-refractivity contribution in [1.82, 2.24) is 0 Å². The fourth-order valence-corrected chi connectivity index (χ4v) is 17.4. The van der Waals surface area contributed by atoms with Crippen LogP contribution in [0.25, 0.3) is 0 Å². The van der Waals surface area contributed by atoms with Crippen LogP contribution in [-0.2, 0) is 53.1 Å². The molecule has 1 atom stereocenters. The maximum Gasteiger partial charge on any atom is 0.507 e. The standard InChI is InChI=1S/C20H50O12Si4/c1-21-33(22-2,23-3)17-15-13-14-16-19(34(24-4,25-5)26-6)18-20(35(27-7,28-8)29-9)36(30-10,31-11)32-12/h19-20H,13-18H2,1-12H3.